The zero-order valence-corrected chi connectivity index (χ0v) is 19.3. The van der Waals surface area contributed by atoms with Crippen molar-refractivity contribution >= 4 is 24.2 Å². The predicted molar refractivity (Wildman–Crippen MR) is 122 cm³/mol. The fourth-order valence-electron chi connectivity index (χ4n) is 6.85. The molecule has 1 saturated heterocycles. The number of rotatable bonds is 3. The van der Waals surface area contributed by atoms with Gasteiger partial charge in [-0.3, -0.25) is 4.79 Å². The monoisotopic (exact) mass is 388 g/mol. The molecule has 0 amide bonds. The first-order valence-corrected chi connectivity index (χ1v) is 12.7. The molecule has 28 heavy (non-hydrogen) atoms. The Morgan fingerprint density at radius 2 is 1.21 bits per heavy atom. The van der Waals surface area contributed by atoms with Crippen LogP contribution in [0.3, 0.4) is 0 Å². The van der Waals surface area contributed by atoms with Gasteiger partial charge in [0.15, 0.2) is 0 Å². The molecule has 3 atom stereocenters. The highest BCUT2D eigenvalue weighted by Gasteiger charge is 2.62. The Morgan fingerprint density at radius 3 is 1.57 bits per heavy atom. The topological polar surface area (TPSA) is 17.1 Å². The molecule has 0 aromatic heterocycles. The Bertz CT molecular complexity index is 910. The van der Waals surface area contributed by atoms with Gasteiger partial charge < -0.3 is 0 Å². The van der Waals surface area contributed by atoms with E-state index < -0.39 is 8.07 Å². The lowest BCUT2D eigenvalue weighted by molar-refractivity contribution is -0.120. The molecular formula is C26H32OSi. The fraction of sp³-hybridized carbons (Fsp3) is 0.423. The minimum atomic E-state index is -2.16. The zero-order chi connectivity index (χ0) is 20.4. The van der Waals surface area contributed by atoms with Crippen LogP contribution in [-0.2, 0) is 4.79 Å². The van der Waals surface area contributed by atoms with Crippen molar-refractivity contribution in [3.63, 3.8) is 0 Å². The highest BCUT2D eigenvalue weighted by atomic mass is 28.3. The van der Waals surface area contributed by atoms with E-state index in [0.717, 1.165) is 6.42 Å². The third-order valence-corrected chi connectivity index (χ3v) is 13.8. The summed E-state index contributed by atoms with van der Waals surface area (Å²) >= 11 is 0. The number of fused-ring (bicyclic) bond motifs is 2. The Morgan fingerprint density at radius 1 is 0.786 bits per heavy atom. The summed E-state index contributed by atoms with van der Waals surface area (Å²) < 4.78 is 0. The van der Waals surface area contributed by atoms with Crippen LogP contribution in [0.5, 0.6) is 0 Å². The van der Waals surface area contributed by atoms with Gasteiger partial charge in [0.05, 0.1) is 0 Å². The van der Waals surface area contributed by atoms with Gasteiger partial charge in [-0.15, -0.1) is 0 Å². The molecule has 0 N–H and O–H groups in total. The van der Waals surface area contributed by atoms with E-state index in [1.54, 1.807) is 10.4 Å². The van der Waals surface area contributed by atoms with Gasteiger partial charge in [0.2, 0.25) is 0 Å². The van der Waals surface area contributed by atoms with Crippen molar-refractivity contribution in [3.8, 4) is 0 Å². The van der Waals surface area contributed by atoms with E-state index in [1.165, 1.54) is 33.4 Å². The number of aryl methyl sites for hydroxylation is 6. The van der Waals surface area contributed by atoms with Gasteiger partial charge in [-0.1, -0.05) is 69.8 Å². The maximum absolute atomic E-state index is 12.6. The molecule has 2 aliphatic rings. The number of hydrogen-bond acceptors (Lipinski definition) is 1. The summed E-state index contributed by atoms with van der Waals surface area (Å²) in [4.78, 5) is 12.6. The first kappa shape index (κ1) is 19.4. The lowest BCUT2D eigenvalue weighted by Gasteiger charge is -2.39. The highest BCUT2D eigenvalue weighted by molar-refractivity contribution is 7.07. The molecule has 2 heterocycles. The normalized spacial score (nSPS) is 24.8. The van der Waals surface area contributed by atoms with Crippen LogP contribution in [0.15, 0.2) is 36.4 Å². The SMILES string of the molecule is CC(=O)[C@@H]1C[C@@H]2C=C[C@H]1[Si]2(c1c(C)cc(C)cc1C)c1c(C)cc(C)cc1C. The summed E-state index contributed by atoms with van der Waals surface area (Å²) in [6.07, 6.45) is 5.92. The van der Waals surface area contributed by atoms with E-state index in [-0.39, 0.29) is 5.92 Å². The lowest BCUT2D eigenvalue weighted by Crippen LogP contribution is -2.63. The summed E-state index contributed by atoms with van der Waals surface area (Å²) in [5.41, 5.74) is 9.26. The molecule has 0 saturated carbocycles. The molecule has 2 aromatic rings. The molecule has 0 spiro atoms. The van der Waals surface area contributed by atoms with Gasteiger partial charge in [-0.2, -0.15) is 0 Å². The minimum absolute atomic E-state index is 0.182. The summed E-state index contributed by atoms with van der Waals surface area (Å²) in [6, 6.07) is 9.43. The zero-order valence-electron chi connectivity index (χ0n) is 18.3. The van der Waals surface area contributed by atoms with Gasteiger partial charge in [0.1, 0.15) is 13.9 Å². The number of ketones is 1. The Balaban J connectivity index is 2.11. The van der Waals surface area contributed by atoms with Gasteiger partial charge >= 0.3 is 0 Å². The van der Waals surface area contributed by atoms with E-state index in [4.69, 9.17) is 0 Å². The van der Waals surface area contributed by atoms with E-state index >= 15 is 0 Å². The maximum Gasteiger partial charge on any atom is 0.133 e. The van der Waals surface area contributed by atoms with Crippen molar-refractivity contribution in [1.82, 2.24) is 0 Å². The van der Waals surface area contributed by atoms with Crippen LogP contribution in [-0.4, -0.2) is 13.9 Å². The molecule has 0 radical (unpaired) electrons. The summed E-state index contributed by atoms with van der Waals surface area (Å²) in [7, 11) is -2.16. The smallest absolute Gasteiger partial charge is 0.133 e. The molecule has 2 bridgehead atoms. The first-order valence-electron chi connectivity index (χ1n) is 10.5. The van der Waals surface area contributed by atoms with Crippen LogP contribution in [0.25, 0.3) is 0 Å². The first-order chi connectivity index (χ1) is 13.2. The van der Waals surface area contributed by atoms with Gasteiger partial charge in [0, 0.05) is 5.92 Å². The van der Waals surface area contributed by atoms with Crippen molar-refractivity contribution in [2.45, 2.75) is 66.0 Å². The van der Waals surface area contributed by atoms with Gasteiger partial charge in [-0.05, 0) is 76.3 Å². The van der Waals surface area contributed by atoms with Crippen molar-refractivity contribution in [2.75, 3.05) is 0 Å². The molecule has 0 unspecified atom stereocenters. The average molecular weight is 389 g/mol. The van der Waals surface area contributed by atoms with E-state index in [9.17, 15) is 4.79 Å². The number of Topliss-reactive ketones (excluding diaryl/α,β-unsaturated/α-hetero) is 1. The van der Waals surface area contributed by atoms with Gasteiger partial charge in [0.25, 0.3) is 0 Å². The predicted octanol–water partition coefficient (Wildman–Crippen LogP) is 5.02. The van der Waals surface area contributed by atoms with Crippen molar-refractivity contribution < 1.29 is 4.79 Å². The standard InChI is InChI=1S/C26H32OSi/c1-15-10-17(3)25(18(4)11-15)28(26-19(5)12-16(2)13-20(26)6)22-8-9-24(28)23(14-22)21(7)27/h8-13,22-24H,14H2,1-7H3/t22-,23-,24+/m0/s1. The van der Waals surface area contributed by atoms with Crippen LogP contribution < -0.4 is 10.4 Å². The second-order valence-corrected chi connectivity index (χ2v) is 13.5. The van der Waals surface area contributed by atoms with Crippen LogP contribution >= 0.6 is 0 Å². The minimum Gasteiger partial charge on any atom is -0.300 e. The quantitative estimate of drug-likeness (QED) is 0.533. The number of carbonyl (C=O) groups is 1. The number of carbonyl (C=O) groups excluding carboxylic acids is 1. The van der Waals surface area contributed by atoms with Crippen molar-refractivity contribution in [3.05, 3.63) is 69.8 Å². The third-order valence-electron chi connectivity index (χ3n) is 7.31. The van der Waals surface area contributed by atoms with Crippen LogP contribution in [0, 0.1) is 47.5 Å². The summed E-state index contributed by atoms with van der Waals surface area (Å²) in [5, 5.41) is 3.19. The van der Waals surface area contributed by atoms with Crippen molar-refractivity contribution in [2.24, 2.45) is 5.92 Å². The third kappa shape index (κ3) is 2.54. The maximum atomic E-state index is 12.6. The van der Waals surface area contributed by atoms with Gasteiger partial charge in [-0.25, -0.2) is 0 Å². The van der Waals surface area contributed by atoms with E-state index in [0.29, 0.717) is 16.9 Å². The summed E-state index contributed by atoms with van der Waals surface area (Å²) in [5.74, 6) is 0.556. The van der Waals surface area contributed by atoms with E-state index in [2.05, 4.69) is 78.0 Å². The molecule has 2 heteroatoms. The molecular weight excluding hydrogens is 356 g/mol. The second kappa shape index (κ2) is 6.55. The molecule has 146 valence electrons. The number of hydrogen-bond donors (Lipinski definition) is 0. The largest absolute Gasteiger partial charge is 0.300 e. The molecule has 1 fully saturated rings. The molecule has 1 nitrogen and oxygen atoms in total. The molecule has 0 aliphatic carbocycles. The highest BCUT2D eigenvalue weighted by Crippen LogP contribution is 2.57. The fourth-order valence-corrected chi connectivity index (χ4v) is 14.4. The number of benzene rings is 2. The van der Waals surface area contributed by atoms with E-state index in [1.807, 2.05) is 6.92 Å². The molecule has 2 aliphatic heterocycles. The average Bonchev–Trinajstić information content (AvgIpc) is 3.06. The van der Waals surface area contributed by atoms with Crippen LogP contribution in [0.1, 0.15) is 46.7 Å². The number of allylic oxidation sites excluding steroid dienone is 2. The van der Waals surface area contributed by atoms with Crippen LogP contribution in [0.4, 0.5) is 0 Å². The Kier molecular flexibility index (Phi) is 4.54. The second-order valence-electron chi connectivity index (χ2n) is 9.39. The van der Waals surface area contributed by atoms with Crippen LogP contribution in [0.2, 0.25) is 11.1 Å². The van der Waals surface area contributed by atoms with Crippen molar-refractivity contribution in [1.29, 1.82) is 0 Å². The Labute approximate surface area is 170 Å². The molecule has 2 aromatic carbocycles. The Hall–Kier alpha value is -1.93. The lowest BCUT2D eigenvalue weighted by atomic mass is 9.91. The summed E-state index contributed by atoms with van der Waals surface area (Å²) in [6.45, 7) is 15.4. The molecule has 4 rings (SSSR count).